The first-order valence-corrected chi connectivity index (χ1v) is 6.59. The molecule has 0 aliphatic rings. The fourth-order valence-corrected chi connectivity index (χ4v) is 1.73. The summed E-state index contributed by atoms with van der Waals surface area (Å²) in [6, 6.07) is 5.49. The van der Waals surface area contributed by atoms with Gasteiger partial charge in [-0.15, -0.1) is 0 Å². The highest BCUT2D eigenvalue weighted by Crippen LogP contribution is 2.24. The number of nitrogens with zero attached hydrogens (tertiary/aromatic N) is 1. The van der Waals surface area contributed by atoms with Gasteiger partial charge in [-0.2, -0.15) is 0 Å². The fraction of sp³-hybridized carbons (Fsp3) is 0.467. The molecule has 1 aromatic heterocycles. The highest BCUT2D eigenvalue weighted by Gasteiger charge is 2.20. The monoisotopic (exact) mass is 259 g/mol. The number of carbonyl (C=O) groups excluding carboxylic acids is 1. The van der Waals surface area contributed by atoms with Crippen LogP contribution in [0.1, 0.15) is 38.1 Å². The molecule has 0 aliphatic carbocycles. The number of amides is 1. The van der Waals surface area contributed by atoms with E-state index in [0.717, 1.165) is 11.0 Å². The highest BCUT2D eigenvalue weighted by molar-refractivity contribution is 5.97. The van der Waals surface area contributed by atoms with Crippen molar-refractivity contribution in [1.29, 1.82) is 0 Å². The second kappa shape index (κ2) is 5.03. The molecule has 0 spiro atoms. The summed E-state index contributed by atoms with van der Waals surface area (Å²) in [5.74, 6) is 0.389. The Balaban J connectivity index is 2.03. The zero-order valence-electron chi connectivity index (χ0n) is 11.9. The number of hydrogen-bond donors (Lipinski definition) is 2. The zero-order valence-corrected chi connectivity index (χ0v) is 11.9. The minimum Gasteiger partial charge on any atom is -0.352 e. The van der Waals surface area contributed by atoms with Gasteiger partial charge in [0.25, 0.3) is 5.91 Å². The van der Waals surface area contributed by atoms with E-state index < -0.39 is 0 Å². The van der Waals surface area contributed by atoms with Gasteiger partial charge in [0, 0.05) is 12.1 Å². The lowest BCUT2D eigenvalue weighted by atomic mass is 9.82. The van der Waals surface area contributed by atoms with Gasteiger partial charge in [-0.25, -0.2) is 4.98 Å². The lowest BCUT2D eigenvalue weighted by molar-refractivity contribution is 0.0937. The molecule has 0 aliphatic heterocycles. The van der Waals surface area contributed by atoms with Crippen LogP contribution >= 0.6 is 0 Å². The smallest absolute Gasteiger partial charge is 0.251 e. The van der Waals surface area contributed by atoms with Gasteiger partial charge >= 0.3 is 0 Å². The maximum absolute atomic E-state index is 12.1. The molecule has 1 amide bonds. The van der Waals surface area contributed by atoms with E-state index in [1.807, 2.05) is 12.1 Å². The van der Waals surface area contributed by atoms with Gasteiger partial charge in [0.2, 0.25) is 0 Å². The molecule has 0 bridgehead atoms. The Hall–Kier alpha value is -1.84. The highest BCUT2D eigenvalue weighted by atomic mass is 16.1. The first kappa shape index (κ1) is 13.6. The minimum absolute atomic E-state index is 0.0346. The Labute approximate surface area is 113 Å². The first-order chi connectivity index (χ1) is 8.88. The van der Waals surface area contributed by atoms with Crippen LogP contribution in [0.15, 0.2) is 24.5 Å². The number of aromatic amines is 1. The van der Waals surface area contributed by atoms with Crippen LogP contribution in [0.5, 0.6) is 0 Å². The number of fused-ring (bicyclic) bond motifs is 1. The summed E-state index contributed by atoms with van der Waals surface area (Å²) in [7, 11) is 0. The van der Waals surface area contributed by atoms with E-state index in [9.17, 15) is 4.79 Å². The van der Waals surface area contributed by atoms with Crippen molar-refractivity contribution in [2.75, 3.05) is 6.54 Å². The third kappa shape index (κ3) is 3.13. The number of imidazole rings is 1. The summed E-state index contributed by atoms with van der Waals surface area (Å²) < 4.78 is 0. The molecule has 0 radical (unpaired) electrons. The lowest BCUT2D eigenvalue weighted by Gasteiger charge is -2.27. The average molecular weight is 259 g/mol. The van der Waals surface area contributed by atoms with E-state index in [0.29, 0.717) is 18.0 Å². The van der Waals surface area contributed by atoms with E-state index in [1.54, 1.807) is 12.4 Å². The van der Waals surface area contributed by atoms with Crippen LogP contribution < -0.4 is 5.32 Å². The van der Waals surface area contributed by atoms with Crippen molar-refractivity contribution in [3.63, 3.8) is 0 Å². The van der Waals surface area contributed by atoms with Gasteiger partial charge < -0.3 is 10.3 Å². The van der Waals surface area contributed by atoms with E-state index >= 15 is 0 Å². The van der Waals surface area contributed by atoms with Crippen molar-refractivity contribution < 1.29 is 4.79 Å². The number of carbonyl (C=O) groups is 1. The Kier molecular flexibility index (Phi) is 3.60. The van der Waals surface area contributed by atoms with Gasteiger partial charge in [0.05, 0.1) is 17.4 Å². The summed E-state index contributed by atoms with van der Waals surface area (Å²) in [6.07, 6.45) is 1.63. The number of benzene rings is 1. The average Bonchev–Trinajstić information content (AvgIpc) is 2.81. The van der Waals surface area contributed by atoms with E-state index in [1.165, 1.54) is 0 Å². The molecule has 2 aromatic rings. The molecule has 0 saturated heterocycles. The number of hydrogen-bond acceptors (Lipinski definition) is 2. The van der Waals surface area contributed by atoms with Crippen LogP contribution in [0.4, 0.5) is 0 Å². The van der Waals surface area contributed by atoms with Crippen molar-refractivity contribution in [3.05, 3.63) is 30.1 Å². The summed E-state index contributed by atoms with van der Waals surface area (Å²) >= 11 is 0. The standard InChI is InChI=1S/C15H21N3O/c1-10(15(2,3)4)8-16-14(19)11-5-6-12-13(7-11)18-9-17-12/h5-7,9-10H,8H2,1-4H3,(H,16,19)(H,17,18). The van der Waals surface area contributed by atoms with E-state index in [2.05, 4.69) is 43.0 Å². The Morgan fingerprint density at radius 3 is 2.84 bits per heavy atom. The Morgan fingerprint density at radius 1 is 1.42 bits per heavy atom. The van der Waals surface area contributed by atoms with Gasteiger partial charge in [0.1, 0.15) is 0 Å². The summed E-state index contributed by atoms with van der Waals surface area (Å²) in [5, 5.41) is 2.99. The SMILES string of the molecule is CC(CNC(=O)c1ccc2nc[nH]c2c1)C(C)(C)C. The number of H-pyrrole nitrogens is 1. The van der Waals surface area contributed by atoms with E-state index in [-0.39, 0.29) is 11.3 Å². The number of aromatic nitrogens is 2. The molecule has 0 fully saturated rings. The third-order valence-electron chi connectivity index (χ3n) is 3.73. The van der Waals surface area contributed by atoms with E-state index in [4.69, 9.17) is 0 Å². The molecule has 4 nitrogen and oxygen atoms in total. The minimum atomic E-state index is -0.0346. The van der Waals surface area contributed by atoms with Crippen molar-refractivity contribution >= 4 is 16.9 Å². The molecule has 1 unspecified atom stereocenters. The predicted octanol–water partition coefficient (Wildman–Crippen LogP) is 2.97. The van der Waals surface area contributed by atoms with Gasteiger partial charge in [-0.05, 0) is 29.5 Å². The van der Waals surface area contributed by atoms with Crippen LogP contribution in [0.2, 0.25) is 0 Å². The summed E-state index contributed by atoms with van der Waals surface area (Å²) in [5.41, 5.74) is 2.62. The van der Waals surface area contributed by atoms with Crippen LogP contribution in [0, 0.1) is 11.3 Å². The second-order valence-corrected chi connectivity index (χ2v) is 6.11. The molecule has 19 heavy (non-hydrogen) atoms. The van der Waals surface area contributed by atoms with Gasteiger partial charge in [0.15, 0.2) is 0 Å². The Morgan fingerprint density at radius 2 is 2.16 bits per heavy atom. The molecule has 0 saturated carbocycles. The number of nitrogens with one attached hydrogen (secondary N) is 2. The van der Waals surface area contributed by atoms with Crippen LogP contribution in [-0.4, -0.2) is 22.4 Å². The molecule has 102 valence electrons. The molecule has 1 atom stereocenters. The summed E-state index contributed by atoms with van der Waals surface area (Å²) in [4.78, 5) is 19.2. The molecule has 1 aromatic carbocycles. The maximum Gasteiger partial charge on any atom is 0.251 e. The van der Waals surface area contributed by atoms with Gasteiger partial charge in [-0.3, -0.25) is 4.79 Å². The normalized spacial score (nSPS) is 13.5. The molecule has 1 heterocycles. The third-order valence-corrected chi connectivity index (χ3v) is 3.73. The van der Waals surface area contributed by atoms with Crippen LogP contribution in [-0.2, 0) is 0 Å². The first-order valence-electron chi connectivity index (χ1n) is 6.59. The predicted molar refractivity (Wildman–Crippen MR) is 77.0 cm³/mol. The fourth-order valence-electron chi connectivity index (χ4n) is 1.73. The van der Waals surface area contributed by atoms with Gasteiger partial charge in [-0.1, -0.05) is 27.7 Å². The molecule has 2 N–H and O–H groups in total. The second-order valence-electron chi connectivity index (χ2n) is 6.11. The molecule has 4 heteroatoms. The Bertz CT molecular complexity index is 580. The zero-order chi connectivity index (χ0) is 14.0. The van der Waals surface area contributed by atoms with Crippen LogP contribution in [0.25, 0.3) is 11.0 Å². The molecular formula is C15H21N3O. The quantitative estimate of drug-likeness (QED) is 0.890. The van der Waals surface area contributed by atoms with Crippen molar-refractivity contribution in [1.82, 2.24) is 15.3 Å². The largest absolute Gasteiger partial charge is 0.352 e. The summed E-state index contributed by atoms with van der Waals surface area (Å²) in [6.45, 7) is 9.38. The lowest BCUT2D eigenvalue weighted by Crippen LogP contribution is -2.33. The molecular weight excluding hydrogens is 238 g/mol. The van der Waals surface area contributed by atoms with Crippen LogP contribution in [0.3, 0.4) is 0 Å². The maximum atomic E-state index is 12.1. The van der Waals surface area contributed by atoms with Crippen molar-refractivity contribution in [3.8, 4) is 0 Å². The molecule has 2 rings (SSSR count). The number of rotatable bonds is 3. The van der Waals surface area contributed by atoms with Crippen molar-refractivity contribution in [2.45, 2.75) is 27.7 Å². The topological polar surface area (TPSA) is 57.8 Å². The van der Waals surface area contributed by atoms with Crippen molar-refractivity contribution in [2.24, 2.45) is 11.3 Å².